The number of halogens is 1. The summed E-state index contributed by atoms with van der Waals surface area (Å²) in [5.41, 5.74) is 1.51. The van der Waals surface area contributed by atoms with Gasteiger partial charge >= 0.3 is 5.97 Å². The van der Waals surface area contributed by atoms with E-state index in [2.05, 4.69) is 21.2 Å². The number of carboxylic acids is 1. The van der Waals surface area contributed by atoms with Gasteiger partial charge in [-0.3, -0.25) is 4.79 Å². The summed E-state index contributed by atoms with van der Waals surface area (Å²) in [5, 5.41) is 11.6. The second kappa shape index (κ2) is 6.34. The van der Waals surface area contributed by atoms with Gasteiger partial charge in [-0.2, -0.15) is 0 Å². The predicted octanol–water partition coefficient (Wildman–Crippen LogP) is 3.33. The average molecular weight is 334 g/mol. The Morgan fingerprint density at radius 1 is 1.10 bits per heavy atom. The molecule has 4 nitrogen and oxygen atoms in total. The second-order valence-corrected chi connectivity index (χ2v) is 5.15. The molecule has 2 rings (SSSR count). The van der Waals surface area contributed by atoms with Gasteiger partial charge in [0.25, 0.3) is 0 Å². The number of amides is 1. The van der Waals surface area contributed by atoms with Gasteiger partial charge in [-0.25, -0.2) is 4.79 Å². The first kappa shape index (κ1) is 14.3. The van der Waals surface area contributed by atoms with Crippen LogP contribution in [0, 0.1) is 0 Å². The third kappa shape index (κ3) is 3.93. The van der Waals surface area contributed by atoms with E-state index in [4.69, 9.17) is 5.11 Å². The molecule has 2 aromatic carbocycles. The van der Waals surface area contributed by atoms with Crippen LogP contribution in [0.1, 0.15) is 15.9 Å². The molecule has 0 aromatic heterocycles. The maximum atomic E-state index is 11.9. The van der Waals surface area contributed by atoms with Gasteiger partial charge in [-0.1, -0.05) is 34.1 Å². The zero-order valence-electron chi connectivity index (χ0n) is 10.5. The molecule has 0 aliphatic carbocycles. The Balaban J connectivity index is 2.02. The van der Waals surface area contributed by atoms with Gasteiger partial charge < -0.3 is 10.4 Å². The van der Waals surface area contributed by atoms with Gasteiger partial charge in [0.2, 0.25) is 5.91 Å². The Hall–Kier alpha value is -2.14. The number of carbonyl (C=O) groups excluding carboxylic acids is 1. The number of benzene rings is 2. The van der Waals surface area contributed by atoms with E-state index in [1.54, 1.807) is 12.1 Å². The molecule has 2 N–H and O–H groups in total. The van der Waals surface area contributed by atoms with E-state index in [0.29, 0.717) is 5.69 Å². The van der Waals surface area contributed by atoms with Crippen LogP contribution < -0.4 is 5.32 Å². The number of hydrogen-bond donors (Lipinski definition) is 2. The van der Waals surface area contributed by atoms with Crippen molar-refractivity contribution in [3.8, 4) is 0 Å². The average Bonchev–Trinajstić information content (AvgIpc) is 2.41. The molecule has 0 atom stereocenters. The van der Waals surface area contributed by atoms with Crippen LogP contribution in [-0.4, -0.2) is 17.0 Å². The maximum absolute atomic E-state index is 11.9. The van der Waals surface area contributed by atoms with E-state index >= 15 is 0 Å². The summed E-state index contributed by atoms with van der Waals surface area (Å²) in [6.45, 7) is 0. The molecular weight excluding hydrogens is 322 g/mol. The third-order valence-corrected chi connectivity index (χ3v) is 3.20. The number of aromatic carboxylic acids is 1. The van der Waals surface area contributed by atoms with Crippen molar-refractivity contribution in [2.24, 2.45) is 0 Å². The van der Waals surface area contributed by atoms with Crippen molar-refractivity contribution in [1.82, 2.24) is 0 Å². The molecule has 0 heterocycles. The summed E-state index contributed by atoms with van der Waals surface area (Å²) in [4.78, 5) is 22.7. The lowest BCUT2D eigenvalue weighted by Gasteiger charge is -2.06. The predicted molar refractivity (Wildman–Crippen MR) is 79.9 cm³/mol. The van der Waals surface area contributed by atoms with E-state index in [0.717, 1.165) is 10.0 Å². The number of nitrogens with one attached hydrogen (secondary N) is 1. The van der Waals surface area contributed by atoms with Crippen molar-refractivity contribution in [3.05, 3.63) is 64.1 Å². The molecule has 0 spiro atoms. The molecule has 0 radical (unpaired) electrons. The summed E-state index contributed by atoms with van der Waals surface area (Å²) in [6.07, 6.45) is 0.241. The summed E-state index contributed by atoms with van der Waals surface area (Å²) < 4.78 is 0.954. The minimum atomic E-state index is -1.02. The Morgan fingerprint density at radius 3 is 2.45 bits per heavy atom. The van der Waals surface area contributed by atoms with Crippen molar-refractivity contribution < 1.29 is 14.7 Å². The van der Waals surface area contributed by atoms with Crippen LogP contribution in [-0.2, 0) is 11.2 Å². The SMILES string of the molecule is O=C(Cc1ccc(Br)cc1)Nc1cccc(C(=O)O)c1. The van der Waals surface area contributed by atoms with Crippen molar-refractivity contribution in [1.29, 1.82) is 0 Å². The highest BCUT2D eigenvalue weighted by molar-refractivity contribution is 9.10. The van der Waals surface area contributed by atoms with E-state index in [1.165, 1.54) is 12.1 Å². The van der Waals surface area contributed by atoms with Crippen molar-refractivity contribution in [2.45, 2.75) is 6.42 Å². The highest BCUT2D eigenvalue weighted by atomic mass is 79.9. The minimum absolute atomic E-state index is 0.145. The van der Waals surface area contributed by atoms with Crippen molar-refractivity contribution in [3.63, 3.8) is 0 Å². The molecule has 102 valence electrons. The van der Waals surface area contributed by atoms with Gasteiger partial charge in [0.05, 0.1) is 12.0 Å². The van der Waals surface area contributed by atoms with Crippen LogP contribution in [0.2, 0.25) is 0 Å². The van der Waals surface area contributed by atoms with Crippen molar-refractivity contribution >= 4 is 33.5 Å². The zero-order chi connectivity index (χ0) is 14.5. The molecule has 0 bridgehead atoms. The Labute approximate surface area is 124 Å². The Bertz CT molecular complexity index is 638. The minimum Gasteiger partial charge on any atom is -0.478 e. The van der Waals surface area contributed by atoms with Crippen LogP contribution in [0.25, 0.3) is 0 Å². The molecule has 0 aliphatic rings. The van der Waals surface area contributed by atoms with Crippen LogP contribution in [0.4, 0.5) is 5.69 Å². The largest absolute Gasteiger partial charge is 0.478 e. The number of anilines is 1. The highest BCUT2D eigenvalue weighted by Gasteiger charge is 2.07. The fourth-order valence-corrected chi connectivity index (χ4v) is 1.99. The van der Waals surface area contributed by atoms with E-state index in [-0.39, 0.29) is 17.9 Å². The molecule has 0 saturated heterocycles. The first-order chi connectivity index (χ1) is 9.54. The first-order valence-corrected chi connectivity index (χ1v) is 6.71. The van der Waals surface area contributed by atoms with E-state index < -0.39 is 5.97 Å². The molecule has 0 unspecified atom stereocenters. The van der Waals surface area contributed by atoms with Crippen LogP contribution in [0.3, 0.4) is 0 Å². The molecule has 20 heavy (non-hydrogen) atoms. The quantitative estimate of drug-likeness (QED) is 0.901. The lowest BCUT2D eigenvalue weighted by Crippen LogP contribution is -2.14. The van der Waals surface area contributed by atoms with Gasteiger partial charge in [0.15, 0.2) is 0 Å². The summed E-state index contributed by atoms with van der Waals surface area (Å²) >= 11 is 3.33. The normalized spacial score (nSPS) is 10.1. The van der Waals surface area contributed by atoms with E-state index in [9.17, 15) is 9.59 Å². The summed E-state index contributed by atoms with van der Waals surface area (Å²) in [7, 11) is 0. The fraction of sp³-hybridized carbons (Fsp3) is 0.0667. The van der Waals surface area contributed by atoms with Gasteiger partial charge in [0, 0.05) is 10.2 Å². The van der Waals surface area contributed by atoms with Gasteiger partial charge in [0.1, 0.15) is 0 Å². The highest BCUT2D eigenvalue weighted by Crippen LogP contribution is 2.13. The Morgan fingerprint density at radius 2 is 1.80 bits per heavy atom. The summed E-state index contributed by atoms with van der Waals surface area (Å²) in [6, 6.07) is 13.6. The lowest BCUT2D eigenvalue weighted by molar-refractivity contribution is -0.115. The lowest BCUT2D eigenvalue weighted by atomic mass is 10.1. The number of carbonyl (C=O) groups is 2. The molecule has 1 amide bonds. The standard InChI is InChI=1S/C15H12BrNO3/c16-12-6-4-10(5-7-12)8-14(18)17-13-3-1-2-11(9-13)15(19)20/h1-7,9H,8H2,(H,17,18)(H,19,20). The van der Waals surface area contributed by atoms with Gasteiger partial charge in [-0.05, 0) is 35.9 Å². The second-order valence-electron chi connectivity index (χ2n) is 4.24. The number of hydrogen-bond acceptors (Lipinski definition) is 2. The van der Waals surface area contributed by atoms with Crippen LogP contribution in [0.15, 0.2) is 53.0 Å². The molecule has 0 fully saturated rings. The van der Waals surface area contributed by atoms with Gasteiger partial charge in [-0.15, -0.1) is 0 Å². The molecular formula is C15H12BrNO3. The number of rotatable bonds is 4. The summed E-state index contributed by atoms with van der Waals surface area (Å²) in [5.74, 6) is -1.20. The van der Waals surface area contributed by atoms with Crippen LogP contribution >= 0.6 is 15.9 Å². The monoisotopic (exact) mass is 333 g/mol. The molecule has 0 saturated carbocycles. The van der Waals surface area contributed by atoms with Crippen molar-refractivity contribution in [2.75, 3.05) is 5.32 Å². The zero-order valence-corrected chi connectivity index (χ0v) is 12.1. The molecule has 2 aromatic rings. The van der Waals surface area contributed by atoms with E-state index in [1.807, 2.05) is 24.3 Å². The smallest absolute Gasteiger partial charge is 0.335 e. The maximum Gasteiger partial charge on any atom is 0.335 e. The number of carboxylic acid groups (broad SMARTS) is 1. The Kier molecular flexibility index (Phi) is 4.53. The third-order valence-electron chi connectivity index (χ3n) is 2.67. The molecule has 5 heteroatoms. The fourth-order valence-electron chi connectivity index (χ4n) is 1.72. The topological polar surface area (TPSA) is 66.4 Å². The molecule has 0 aliphatic heterocycles. The van der Waals surface area contributed by atoms with Crippen LogP contribution in [0.5, 0.6) is 0 Å². The first-order valence-electron chi connectivity index (χ1n) is 5.92.